The van der Waals surface area contributed by atoms with Crippen LogP contribution in [-0.4, -0.2) is 29.4 Å². The molecule has 0 aliphatic heterocycles. The highest BCUT2D eigenvalue weighted by atomic mass is 16.4. The molecule has 6 nitrogen and oxygen atoms in total. The largest absolute Gasteiger partial charge is 0.417 e. The third kappa shape index (κ3) is 3.23. The highest BCUT2D eigenvalue weighted by molar-refractivity contribution is 5.76. The Hall–Kier alpha value is -2.08. The summed E-state index contributed by atoms with van der Waals surface area (Å²) in [5.74, 6) is -0.411. The van der Waals surface area contributed by atoms with Crippen LogP contribution >= 0.6 is 0 Å². The van der Waals surface area contributed by atoms with Crippen LogP contribution in [0.2, 0.25) is 0 Å². The van der Waals surface area contributed by atoms with E-state index in [0.717, 1.165) is 5.56 Å². The van der Waals surface area contributed by atoms with Crippen molar-refractivity contribution in [3.05, 3.63) is 34.3 Å². The van der Waals surface area contributed by atoms with Crippen molar-refractivity contribution in [3.8, 4) is 0 Å². The van der Waals surface area contributed by atoms with Crippen LogP contribution in [-0.2, 0) is 11.3 Å². The fraction of sp³-hybridized carbons (Fsp3) is 0.385. The lowest BCUT2D eigenvalue weighted by Crippen LogP contribution is -2.26. The fourth-order valence-electron chi connectivity index (χ4n) is 1.90. The average molecular weight is 263 g/mol. The number of benzene rings is 1. The van der Waals surface area contributed by atoms with E-state index in [1.807, 2.05) is 12.1 Å². The van der Waals surface area contributed by atoms with Crippen LogP contribution in [0, 0.1) is 0 Å². The molecule has 1 aromatic carbocycles. The van der Waals surface area contributed by atoms with Crippen LogP contribution < -0.4 is 11.5 Å². The number of nitrogens with zero attached hydrogens (tertiary/aromatic N) is 1. The number of amides is 1. The van der Waals surface area contributed by atoms with E-state index in [1.165, 1.54) is 0 Å². The number of oxazole rings is 1. The maximum Gasteiger partial charge on any atom is 0.417 e. The van der Waals surface area contributed by atoms with Gasteiger partial charge >= 0.3 is 5.76 Å². The maximum absolute atomic E-state index is 11.8. The van der Waals surface area contributed by atoms with Gasteiger partial charge in [-0.1, -0.05) is 6.07 Å². The minimum Gasteiger partial charge on any atom is -0.408 e. The minimum atomic E-state index is -0.473. The van der Waals surface area contributed by atoms with Crippen LogP contribution in [0.5, 0.6) is 0 Å². The van der Waals surface area contributed by atoms with Crippen LogP contribution in [0.4, 0.5) is 0 Å². The minimum absolute atomic E-state index is 0.0613. The SMILES string of the molecule is CN(Cc1ccc2oc(=O)[nH]c2c1)C(=O)CCCN. The Balaban J connectivity index is 2.08. The summed E-state index contributed by atoms with van der Waals surface area (Å²) in [6.07, 6.45) is 1.15. The predicted molar refractivity (Wildman–Crippen MR) is 71.6 cm³/mol. The smallest absolute Gasteiger partial charge is 0.408 e. The first-order valence-electron chi connectivity index (χ1n) is 6.16. The number of carbonyl (C=O) groups is 1. The maximum atomic E-state index is 11.8. The lowest BCUT2D eigenvalue weighted by Gasteiger charge is -2.17. The standard InChI is InChI=1S/C13H17N3O3/c1-16(12(17)3-2-6-14)8-9-4-5-11-10(7-9)15-13(18)19-11/h4-5,7H,2-3,6,8,14H2,1H3,(H,15,18). The number of nitrogens with two attached hydrogens (primary N) is 1. The molecule has 1 aromatic heterocycles. The molecule has 0 atom stereocenters. The van der Waals surface area contributed by atoms with Crippen LogP contribution in [0.3, 0.4) is 0 Å². The van der Waals surface area contributed by atoms with Gasteiger partial charge in [-0.25, -0.2) is 4.79 Å². The van der Waals surface area contributed by atoms with Gasteiger partial charge in [0.2, 0.25) is 5.91 Å². The van der Waals surface area contributed by atoms with E-state index >= 15 is 0 Å². The number of aromatic nitrogens is 1. The van der Waals surface area contributed by atoms with Gasteiger partial charge in [-0.15, -0.1) is 0 Å². The van der Waals surface area contributed by atoms with Crippen molar-refractivity contribution >= 4 is 17.0 Å². The van der Waals surface area contributed by atoms with Crippen molar-refractivity contribution in [1.82, 2.24) is 9.88 Å². The number of fused-ring (bicyclic) bond motifs is 1. The highest BCUT2D eigenvalue weighted by Crippen LogP contribution is 2.13. The molecule has 0 aliphatic carbocycles. The van der Waals surface area contributed by atoms with E-state index in [9.17, 15) is 9.59 Å². The van der Waals surface area contributed by atoms with Crippen LogP contribution in [0.15, 0.2) is 27.4 Å². The van der Waals surface area contributed by atoms with Gasteiger partial charge in [0.15, 0.2) is 5.58 Å². The van der Waals surface area contributed by atoms with Gasteiger partial charge in [-0.05, 0) is 30.7 Å². The highest BCUT2D eigenvalue weighted by Gasteiger charge is 2.09. The molecule has 6 heteroatoms. The van der Waals surface area contributed by atoms with Gasteiger partial charge < -0.3 is 15.1 Å². The second-order valence-corrected chi connectivity index (χ2v) is 4.49. The van der Waals surface area contributed by atoms with E-state index < -0.39 is 5.76 Å². The van der Waals surface area contributed by atoms with Crippen molar-refractivity contribution in [1.29, 1.82) is 0 Å². The Morgan fingerprint density at radius 1 is 1.47 bits per heavy atom. The third-order valence-electron chi connectivity index (χ3n) is 2.92. The van der Waals surface area contributed by atoms with Crippen LogP contribution in [0.25, 0.3) is 11.1 Å². The molecule has 0 unspecified atom stereocenters. The molecule has 1 heterocycles. The summed E-state index contributed by atoms with van der Waals surface area (Å²) in [7, 11) is 1.75. The van der Waals surface area contributed by atoms with Crippen molar-refractivity contribution in [2.45, 2.75) is 19.4 Å². The second kappa shape index (κ2) is 5.71. The second-order valence-electron chi connectivity index (χ2n) is 4.49. The quantitative estimate of drug-likeness (QED) is 0.835. The Morgan fingerprint density at radius 3 is 3.00 bits per heavy atom. The molecular formula is C13H17N3O3. The Bertz CT molecular complexity index is 629. The lowest BCUT2D eigenvalue weighted by molar-refractivity contribution is -0.130. The van der Waals surface area contributed by atoms with E-state index in [4.69, 9.17) is 10.2 Å². The topological polar surface area (TPSA) is 92.3 Å². The predicted octanol–water partition coefficient (Wildman–Crippen LogP) is 0.818. The number of nitrogens with one attached hydrogen (secondary N) is 1. The monoisotopic (exact) mass is 263 g/mol. The summed E-state index contributed by atoms with van der Waals surface area (Å²) in [6.45, 7) is 1.01. The molecule has 0 fully saturated rings. The molecule has 19 heavy (non-hydrogen) atoms. The molecule has 0 aliphatic rings. The van der Waals surface area contributed by atoms with E-state index in [2.05, 4.69) is 4.98 Å². The van der Waals surface area contributed by atoms with E-state index in [0.29, 0.717) is 37.0 Å². The zero-order chi connectivity index (χ0) is 13.8. The van der Waals surface area contributed by atoms with E-state index in [1.54, 1.807) is 18.0 Å². The molecule has 0 saturated heterocycles. The summed E-state index contributed by atoms with van der Waals surface area (Å²) in [5, 5.41) is 0. The first-order valence-corrected chi connectivity index (χ1v) is 6.16. The Morgan fingerprint density at radius 2 is 2.26 bits per heavy atom. The van der Waals surface area contributed by atoms with Crippen molar-refractivity contribution in [2.75, 3.05) is 13.6 Å². The molecule has 2 aromatic rings. The number of aromatic amines is 1. The average Bonchev–Trinajstić information content (AvgIpc) is 2.75. The summed E-state index contributed by atoms with van der Waals surface area (Å²) in [5.41, 5.74) is 7.48. The molecule has 0 saturated carbocycles. The molecule has 102 valence electrons. The zero-order valence-corrected chi connectivity index (χ0v) is 10.8. The van der Waals surface area contributed by atoms with Gasteiger partial charge in [0.25, 0.3) is 0 Å². The first-order chi connectivity index (χ1) is 9.10. The Kier molecular flexibility index (Phi) is 4.01. The van der Waals surface area contributed by atoms with E-state index in [-0.39, 0.29) is 5.91 Å². The lowest BCUT2D eigenvalue weighted by atomic mass is 10.2. The molecule has 0 bridgehead atoms. The number of hydrogen-bond donors (Lipinski definition) is 2. The van der Waals surface area contributed by atoms with Gasteiger partial charge in [0.05, 0.1) is 5.52 Å². The molecular weight excluding hydrogens is 246 g/mol. The molecule has 0 radical (unpaired) electrons. The van der Waals surface area contributed by atoms with Crippen molar-refractivity contribution < 1.29 is 9.21 Å². The Labute approximate surface area is 110 Å². The van der Waals surface area contributed by atoms with Gasteiger partial charge in [0, 0.05) is 20.0 Å². The molecule has 2 rings (SSSR count). The molecule has 1 amide bonds. The normalized spacial score (nSPS) is 10.8. The molecule has 0 spiro atoms. The molecule has 3 N–H and O–H groups in total. The van der Waals surface area contributed by atoms with Gasteiger partial charge in [-0.2, -0.15) is 0 Å². The number of rotatable bonds is 5. The first kappa shape index (κ1) is 13.4. The fourth-order valence-corrected chi connectivity index (χ4v) is 1.90. The summed E-state index contributed by atoms with van der Waals surface area (Å²) >= 11 is 0. The summed E-state index contributed by atoms with van der Waals surface area (Å²) in [4.78, 5) is 27.1. The summed E-state index contributed by atoms with van der Waals surface area (Å²) in [6, 6.07) is 5.37. The van der Waals surface area contributed by atoms with Crippen molar-refractivity contribution in [3.63, 3.8) is 0 Å². The number of carbonyl (C=O) groups excluding carboxylic acids is 1. The van der Waals surface area contributed by atoms with Crippen LogP contribution in [0.1, 0.15) is 18.4 Å². The third-order valence-corrected chi connectivity index (χ3v) is 2.92. The number of H-pyrrole nitrogens is 1. The van der Waals surface area contributed by atoms with Crippen molar-refractivity contribution in [2.24, 2.45) is 5.73 Å². The zero-order valence-electron chi connectivity index (χ0n) is 10.8. The van der Waals surface area contributed by atoms with Gasteiger partial charge in [-0.3, -0.25) is 9.78 Å². The number of hydrogen-bond acceptors (Lipinski definition) is 4. The summed E-state index contributed by atoms with van der Waals surface area (Å²) < 4.78 is 4.92. The van der Waals surface area contributed by atoms with Gasteiger partial charge in [0.1, 0.15) is 0 Å².